The molecule has 4 nitrogen and oxygen atoms in total. The summed E-state index contributed by atoms with van der Waals surface area (Å²) >= 11 is 0. The fourth-order valence-corrected chi connectivity index (χ4v) is 4.33. The molecule has 0 spiro atoms. The summed E-state index contributed by atoms with van der Waals surface area (Å²) < 4.78 is 0. The predicted molar refractivity (Wildman–Crippen MR) is 85.1 cm³/mol. The van der Waals surface area contributed by atoms with Gasteiger partial charge in [-0.05, 0) is 48.9 Å². The van der Waals surface area contributed by atoms with Gasteiger partial charge in [0.2, 0.25) is 5.95 Å². The van der Waals surface area contributed by atoms with E-state index in [1.807, 2.05) is 0 Å². The second-order valence-electron chi connectivity index (χ2n) is 6.98. The van der Waals surface area contributed by atoms with E-state index in [-0.39, 0.29) is 5.95 Å². The largest absolute Gasteiger partial charge is 0.382 e. The summed E-state index contributed by atoms with van der Waals surface area (Å²) in [5, 5.41) is 0. The molecule has 0 aliphatic heterocycles. The lowest BCUT2D eigenvalue weighted by Gasteiger charge is -2.53. The van der Waals surface area contributed by atoms with E-state index in [1.54, 1.807) is 6.20 Å². The number of nitrogens with zero attached hydrogens (tertiary/aromatic N) is 2. The smallest absolute Gasteiger partial charge is 0.221 e. The highest BCUT2D eigenvalue weighted by molar-refractivity contribution is 5.51. The van der Waals surface area contributed by atoms with Crippen LogP contribution in [0.15, 0.2) is 6.20 Å². The van der Waals surface area contributed by atoms with E-state index in [4.69, 9.17) is 11.5 Å². The second kappa shape index (κ2) is 5.22. The highest BCUT2D eigenvalue weighted by Crippen LogP contribution is 2.57. The van der Waals surface area contributed by atoms with Gasteiger partial charge in [-0.2, -0.15) is 4.98 Å². The molecule has 0 aromatic carbocycles. The zero-order chi connectivity index (χ0) is 15.0. The molecular weight excluding hydrogens is 260 g/mol. The first kappa shape index (κ1) is 14.2. The van der Waals surface area contributed by atoms with Gasteiger partial charge in [-0.25, -0.2) is 4.98 Å². The minimum Gasteiger partial charge on any atom is -0.382 e. The Labute approximate surface area is 126 Å². The number of rotatable bonds is 1. The molecule has 0 amide bonds. The van der Waals surface area contributed by atoms with Crippen molar-refractivity contribution in [2.45, 2.75) is 46.0 Å². The van der Waals surface area contributed by atoms with Crippen LogP contribution in [0.3, 0.4) is 0 Å². The lowest BCUT2D eigenvalue weighted by atomic mass is 9.51. The van der Waals surface area contributed by atoms with E-state index >= 15 is 0 Å². The van der Waals surface area contributed by atoms with Gasteiger partial charge >= 0.3 is 0 Å². The number of nitrogens with two attached hydrogens (primary N) is 2. The predicted octanol–water partition coefficient (Wildman–Crippen LogP) is 2.85. The van der Waals surface area contributed by atoms with Crippen molar-refractivity contribution in [1.29, 1.82) is 0 Å². The molecule has 1 heterocycles. The van der Waals surface area contributed by atoms with E-state index in [2.05, 4.69) is 35.7 Å². The van der Waals surface area contributed by atoms with Crippen LogP contribution in [-0.2, 0) is 0 Å². The summed E-state index contributed by atoms with van der Waals surface area (Å²) in [6.45, 7) is 4.81. The molecule has 4 heteroatoms. The van der Waals surface area contributed by atoms with Gasteiger partial charge in [0.25, 0.3) is 0 Å². The third-order valence-electron chi connectivity index (χ3n) is 5.75. The summed E-state index contributed by atoms with van der Waals surface area (Å²) in [7, 11) is 0. The number of fused-ring (bicyclic) bond motifs is 3. The van der Waals surface area contributed by atoms with Gasteiger partial charge < -0.3 is 11.5 Å². The maximum Gasteiger partial charge on any atom is 0.221 e. The lowest BCUT2D eigenvalue weighted by Crippen LogP contribution is -2.44. The highest BCUT2D eigenvalue weighted by Gasteiger charge is 2.47. The summed E-state index contributed by atoms with van der Waals surface area (Å²) in [5.74, 6) is 9.64. The van der Waals surface area contributed by atoms with E-state index < -0.39 is 0 Å². The van der Waals surface area contributed by atoms with Crippen molar-refractivity contribution in [3.8, 4) is 11.8 Å². The molecule has 112 valence electrons. The molecular formula is C17H24N4. The Hall–Kier alpha value is -1.76. The zero-order valence-corrected chi connectivity index (χ0v) is 12.9. The van der Waals surface area contributed by atoms with Crippen molar-refractivity contribution >= 4 is 11.8 Å². The van der Waals surface area contributed by atoms with E-state index in [1.165, 1.54) is 25.7 Å². The van der Waals surface area contributed by atoms with Crippen molar-refractivity contribution in [1.82, 2.24) is 9.97 Å². The van der Waals surface area contributed by atoms with Gasteiger partial charge in [0.15, 0.2) is 0 Å². The molecule has 4 atom stereocenters. The van der Waals surface area contributed by atoms with Gasteiger partial charge in [-0.15, -0.1) is 0 Å². The second-order valence-corrected chi connectivity index (χ2v) is 6.98. The van der Waals surface area contributed by atoms with Crippen LogP contribution >= 0.6 is 0 Å². The van der Waals surface area contributed by atoms with E-state index in [0.29, 0.717) is 16.8 Å². The molecule has 4 rings (SSSR count). The molecule has 0 radical (unpaired) electrons. The van der Waals surface area contributed by atoms with Crippen molar-refractivity contribution in [3.05, 3.63) is 11.8 Å². The Morgan fingerprint density at radius 2 is 2.19 bits per heavy atom. The fraction of sp³-hybridized carbons (Fsp3) is 0.647. The Balaban J connectivity index is 1.76. The third-order valence-corrected chi connectivity index (χ3v) is 5.75. The van der Waals surface area contributed by atoms with Crippen LogP contribution in [0.25, 0.3) is 0 Å². The zero-order valence-electron chi connectivity index (χ0n) is 12.9. The minimum absolute atomic E-state index is 0.199. The summed E-state index contributed by atoms with van der Waals surface area (Å²) in [4.78, 5) is 7.92. The normalized spacial score (nSPS) is 34.3. The van der Waals surface area contributed by atoms with Gasteiger partial charge in [0.05, 0.1) is 11.8 Å². The summed E-state index contributed by atoms with van der Waals surface area (Å²) in [6.07, 6.45) is 7.96. The number of hydrogen-bond acceptors (Lipinski definition) is 4. The molecule has 4 N–H and O–H groups in total. The molecule has 3 aliphatic carbocycles. The first-order valence-corrected chi connectivity index (χ1v) is 7.87. The Morgan fingerprint density at radius 1 is 1.38 bits per heavy atom. The number of nitrogen functional groups attached to an aromatic ring is 2. The Kier molecular flexibility index (Phi) is 3.52. The molecule has 1 aromatic heterocycles. The quantitative estimate of drug-likeness (QED) is 0.777. The molecule has 0 saturated heterocycles. The molecule has 1 aromatic rings. The first-order chi connectivity index (χ1) is 10.00. The third kappa shape index (κ3) is 2.57. The summed E-state index contributed by atoms with van der Waals surface area (Å²) in [5.41, 5.74) is 12.4. The van der Waals surface area contributed by atoms with Crippen molar-refractivity contribution in [2.75, 3.05) is 11.5 Å². The number of hydrogen-bond donors (Lipinski definition) is 2. The minimum atomic E-state index is 0.199. The van der Waals surface area contributed by atoms with Crippen molar-refractivity contribution < 1.29 is 0 Å². The van der Waals surface area contributed by atoms with Gasteiger partial charge in [-0.3, -0.25) is 0 Å². The first-order valence-electron chi connectivity index (χ1n) is 7.87. The highest BCUT2D eigenvalue weighted by atomic mass is 15.0. The van der Waals surface area contributed by atoms with Gasteiger partial charge in [-0.1, -0.05) is 25.7 Å². The fourth-order valence-electron chi connectivity index (χ4n) is 4.33. The SMILES string of the molecule is CC1CC2(CC#Cc3cnc(N)nc3N)CCC1CC2C. The van der Waals surface area contributed by atoms with Crippen LogP contribution in [0.1, 0.15) is 51.5 Å². The van der Waals surface area contributed by atoms with Crippen molar-refractivity contribution in [2.24, 2.45) is 23.2 Å². The van der Waals surface area contributed by atoms with Crippen LogP contribution in [0.2, 0.25) is 0 Å². The van der Waals surface area contributed by atoms with Crippen LogP contribution < -0.4 is 11.5 Å². The standard InChI is InChI=1S/C17H24N4/c1-11-9-17(7-5-13(11)8-12(17)2)6-3-4-14-10-20-16(19)21-15(14)18/h10-13H,5-9H2,1-2H3,(H4,18,19,20,21). The molecule has 2 bridgehead atoms. The van der Waals surface area contributed by atoms with Gasteiger partial charge in [0.1, 0.15) is 5.82 Å². The average Bonchev–Trinajstić information content (AvgIpc) is 2.43. The van der Waals surface area contributed by atoms with Gasteiger partial charge in [0, 0.05) is 6.42 Å². The molecule has 3 saturated carbocycles. The van der Waals surface area contributed by atoms with Crippen LogP contribution in [-0.4, -0.2) is 9.97 Å². The van der Waals surface area contributed by atoms with Crippen LogP contribution in [0.4, 0.5) is 11.8 Å². The topological polar surface area (TPSA) is 77.8 Å². The van der Waals surface area contributed by atoms with Crippen LogP contribution in [0, 0.1) is 35.0 Å². The summed E-state index contributed by atoms with van der Waals surface area (Å²) in [6, 6.07) is 0. The molecule has 21 heavy (non-hydrogen) atoms. The monoisotopic (exact) mass is 284 g/mol. The maximum atomic E-state index is 5.83. The van der Waals surface area contributed by atoms with Crippen molar-refractivity contribution in [3.63, 3.8) is 0 Å². The van der Waals surface area contributed by atoms with E-state index in [0.717, 1.165) is 24.2 Å². The molecule has 4 unspecified atom stereocenters. The molecule has 3 fully saturated rings. The lowest BCUT2D eigenvalue weighted by molar-refractivity contribution is -0.0294. The van der Waals surface area contributed by atoms with Crippen LogP contribution in [0.5, 0.6) is 0 Å². The molecule has 3 aliphatic rings. The Bertz CT molecular complexity index is 601. The maximum absolute atomic E-state index is 5.83. The van der Waals surface area contributed by atoms with E-state index in [9.17, 15) is 0 Å². The average molecular weight is 284 g/mol. The number of anilines is 2. The Morgan fingerprint density at radius 3 is 2.86 bits per heavy atom. The number of aromatic nitrogens is 2.